The predicted octanol–water partition coefficient (Wildman–Crippen LogP) is 1.39. The van der Waals surface area contributed by atoms with Gasteiger partial charge in [0.2, 0.25) is 4.93 Å². The van der Waals surface area contributed by atoms with Gasteiger partial charge in [0.05, 0.1) is 0 Å². The highest BCUT2D eigenvalue weighted by atomic mass is 32.2. The van der Waals surface area contributed by atoms with Gasteiger partial charge in [-0.2, -0.15) is 13.2 Å². The second kappa shape index (κ2) is 4.56. The fourth-order valence-corrected chi connectivity index (χ4v) is 3.25. The first kappa shape index (κ1) is 14.4. The maximum Gasteiger partial charge on any atom is 0.500 e. The number of hydrogen-bond donors (Lipinski definition) is 1. The molecule has 1 N–H and O–H groups in total. The zero-order chi connectivity index (χ0) is 13.3. The van der Waals surface area contributed by atoms with Crippen LogP contribution in [0, 0.1) is 5.92 Å². The molecule has 1 aliphatic carbocycles. The van der Waals surface area contributed by atoms with Gasteiger partial charge in [0.15, 0.2) is 6.29 Å². The molecule has 0 radical (unpaired) electrons. The van der Waals surface area contributed by atoms with E-state index in [4.69, 9.17) is 0 Å². The molecule has 1 fully saturated rings. The molecule has 0 aromatic carbocycles. The molecule has 1 unspecified atom stereocenters. The van der Waals surface area contributed by atoms with Gasteiger partial charge in [-0.15, -0.1) is 0 Å². The number of carbonyl (C=O) groups is 1. The Morgan fingerprint density at radius 3 is 1.94 bits per heavy atom. The van der Waals surface area contributed by atoms with Crippen molar-refractivity contribution in [2.45, 2.75) is 42.5 Å². The number of halogens is 3. The SMILES string of the molecule is O=CC(O)(C1CCCCC1)S(=O)(=O)C(F)(F)F. The van der Waals surface area contributed by atoms with Gasteiger partial charge in [0.25, 0.3) is 9.84 Å². The molecule has 0 saturated heterocycles. The topological polar surface area (TPSA) is 71.4 Å². The summed E-state index contributed by atoms with van der Waals surface area (Å²) in [4.78, 5) is 7.35. The summed E-state index contributed by atoms with van der Waals surface area (Å²) < 4.78 is 59.5. The van der Waals surface area contributed by atoms with E-state index in [1.54, 1.807) is 0 Å². The molecule has 0 amide bonds. The highest BCUT2D eigenvalue weighted by molar-refractivity contribution is 7.94. The van der Waals surface area contributed by atoms with Crippen LogP contribution in [-0.2, 0) is 14.6 Å². The van der Waals surface area contributed by atoms with Crippen molar-refractivity contribution in [1.82, 2.24) is 0 Å². The van der Waals surface area contributed by atoms with Gasteiger partial charge in [-0.05, 0) is 12.8 Å². The molecule has 0 aromatic rings. The van der Waals surface area contributed by atoms with Gasteiger partial charge in [-0.3, -0.25) is 4.79 Å². The molecule has 0 bridgehead atoms. The van der Waals surface area contributed by atoms with Crippen molar-refractivity contribution in [2.24, 2.45) is 5.92 Å². The lowest BCUT2D eigenvalue weighted by Crippen LogP contribution is -2.53. The maximum absolute atomic E-state index is 12.4. The monoisotopic (exact) mass is 274 g/mol. The van der Waals surface area contributed by atoms with Crippen LogP contribution in [-0.4, -0.2) is 30.3 Å². The zero-order valence-corrected chi connectivity index (χ0v) is 9.72. The zero-order valence-electron chi connectivity index (χ0n) is 8.90. The fraction of sp³-hybridized carbons (Fsp3) is 0.889. The third-order valence-corrected chi connectivity index (χ3v) is 4.99. The van der Waals surface area contributed by atoms with Crippen LogP contribution in [0.4, 0.5) is 13.2 Å². The molecule has 0 aliphatic heterocycles. The second-order valence-electron chi connectivity index (χ2n) is 4.15. The van der Waals surface area contributed by atoms with E-state index in [2.05, 4.69) is 0 Å². The summed E-state index contributed by atoms with van der Waals surface area (Å²) in [6, 6.07) is 0. The average molecular weight is 274 g/mol. The van der Waals surface area contributed by atoms with Crippen molar-refractivity contribution < 1.29 is 31.5 Å². The Morgan fingerprint density at radius 2 is 1.59 bits per heavy atom. The summed E-state index contributed by atoms with van der Waals surface area (Å²) in [6.45, 7) is 0. The van der Waals surface area contributed by atoms with E-state index in [0.29, 0.717) is 12.8 Å². The lowest BCUT2D eigenvalue weighted by molar-refractivity contribution is -0.124. The van der Waals surface area contributed by atoms with Crippen LogP contribution in [0.5, 0.6) is 0 Å². The minimum atomic E-state index is -5.90. The smallest absolute Gasteiger partial charge is 0.368 e. The number of alkyl halides is 3. The number of sulfone groups is 1. The molecule has 0 heterocycles. The molecule has 0 spiro atoms. The molecule has 1 aliphatic rings. The molecule has 1 atom stereocenters. The van der Waals surface area contributed by atoms with Gasteiger partial charge in [-0.25, -0.2) is 8.42 Å². The maximum atomic E-state index is 12.4. The van der Waals surface area contributed by atoms with Crippen molar-refractivity contribution >= 4 is 16.1 Å². The minimum Gasteiger partial charge on any atom is -0.368 e. The van der Waals surface area contributed by atoms with Gasteiger partial charge in [0.1, 0.15) is 0 Å². The van der Waals surface area contributed by atoms with Crippen LogP contribution in [0.15, 0.2) is 0 Å². The van der Waals surface area contributed by atoms with E-state index in [0.717, 1.165) is 6.42 Å². The predicted molar refractivity (Wildman–Crippen MR) is 52.6 cm³/mol. The van der Waals surface area contributed by atoms with E-state index in [1.165, 1.54) is 0 Å². The average Bonchev–Trinajstić information content (AvgIpc) is 2.27. The van der Waals surface area contributed by atoms with Crippen LogP contribution in [0.25, 0.3) is 0 Å². The summed E-state index contributed by atoms with van der Waals surface area (Å²) in [6.07, 6.45) is 1.49. The standard InChI is InChI=1S/C9H13F3O4S/c10-9(11,12)17(15,16)8(14,6-13)7-4-2-1-3-5-7/h6-7,14H,1-5H2. The molecule has 100 valence electrons. The fourth-order valence-electron chi connectivity index (χ4n) is 2.08. The number of aldehydes is 1. The Balaban J connectivity index is 3.15. The van der Waals surface area contributed by atoms with Gasteiger partial charge in [-0.1, -0.05) is 19.3 Å². The highest BCUT2D eigenvalue weighted by Gasteiger charge is 2.62. The second-order valence-corrected chi connectivity index (χ2v) is 6.28. The lowest BCUT2D eigenvalue weighted by atomic mass is 9.85. The summed E-state index contributed by atoms with van der Waals surface area (Å²) in [5.41, 5.74) is -5.62. The van der Waals surface area contributed by atoms with E-state index in [-0.39, 0.29) is 12.8 Å². The van der Waals surface area contributed by atoms with Crippen LogP contribution in [0.1, 0.15) is 32.1 Å². The first-order valence-electron chi connectivity index (χ1n) is 5.16. The quantitative estimate of drug-likeness (QED) is 0.789. The molecule has 1 saturated carbocycles. The van der Waals surface area contributed by atoms with Crippen molar-refractivity contribution in [3.8, 4) is 0 Å². The van der Waals surface area contributed by atoms with E-state index in [1.807, 2.05) is 0 Å². The third kappa shape index (κ3) is 2.33. The molecule has 0 aromatic heterocycles. The van der Waals surface area contributed by atoms with Crippen molar-refractivity contribution in [3.05, 3.63) is 0 Å². The Bertz CT molecular complexity index is 384. The van der Waals surface area contributed by atoms with Crippen LogP contribution < -0.4 is 0 Å². The Hall–Kier alpha value is -0.630. The van der Waals surface area contributed by atoms with Crippen molar-refractivity contribution in [2.75, 3.05) is 0 Å². The molecule has 4 nitrogen and oxygen atoms in total. The number of hydrogen-bond acceptors (Lipinski definition) is 4. The van der Waals surface area contributed by atoms with Crippen molar-refractivity contribution in [3.63, 3.8) is 0 Å². The van der Waals surface area contributed by atoms with Crippen molar-refractivity contribution in [1.29, 1.82) is 0 Å². The first-order chi connectivity index (χ1) is 7.67. The van der Waals surface area contributed by atoms with E-state index >= 15 is 0 Å². The van der Waals surface area contributed by atoms with Gasteiger partial charge < -0.3 is 5.11 Å². The van der Waals surface area contributed by atoms with E-state index < -0.39 is 32.5 Å². The molecular weight excluding hydrogens is 261 g/mol. The summed E-state index contributed by atoms with van der Waals surface area (Å²) in [7, 11) is -5.90. The van der Waals surface area contributed by atoms with Gasteiger partial charge >= 0.3 is 5.51 Å². The number of rotatable bonds is 3. The first-order valence-corrected chi connectivity index (χ1v) is 6.64. The molecule has 1 rings (SSSR count). The Labute approximate surface area is 96.7 Å². The van der Waals surface area contributed by atoms with E-state index in [9.17, 15) is 31.5 Å². The Kier molecular flexibility index (Phi) is 3.87. The molecule has 17 heavy (non-hydrogen) atoms. The highest BCUT2D eigenvalue weighted by Crippen LogP contribution is 2.41. The third-order valence-electron chi connectivity index (χ3n) is 3.09. The minimum absolute atomic E-state index is 0.102. The van der Waals surface area contributed by atoms with Crippen LogP contribution >= 0.6 is 0 Å². The Morgan fingerprint density at radius 1 is 1.12 bits per heavy atom. The lowest BCUT2D eigenvalue weighted by Gasteiger charge is -2.33. The number of aliphatic hydroxyl groups is 1. The summed E-state index contributed by atoms with van der Waals surface area (Å²) in [5.74, 6) is -1.18. The summed E-state index contributed by atoms with van der Waals surface area (Å²) in [5, 5.41) is 9.63. The normalized spacial score (nSPS) is 23.1. The van der Waals surface area contributed by atoms with Crippen LogP contribution in [0.3, 0.4) is 0 Å². The molecule has 8 heteroatoms. The number of carbonyl (C=O) groups excluding carboxylic acids is 1. The van der Waals surface area contributed by atoms with Crippen LogP contribution in [0.2, 0.25) is 0 Å². The van der Waals surface area contributed by atoms with Gasteiger partial charge in [0, 0.05) is 5.92 Å². The largest absolute Gasteiger partial charge is 0.500 e. The summed E-state index contributed by atoms with van der Waals surface area (Å²) >= 11 is 0. The molecular formula is C9H13F3O4S.